The van der Waals surface area contributed by atoms with Gasteiger partial charge >= 0.3 is 0 Å². The van der Waals surface area contributed by atoms with Crippen LogP contribution in [0.3, 0.4) is 0 Å². The summed E-state index contributed by atoms with van der Waals surface area (Å²) in [5.74, 6) is 0.940. The second-order valence-corrected chi connectivity index (χ2v) is 4.15. The number of piperidine rings is 1. The van der Waals surface area contributed by atoms with Crippen molar-refractivity contribution in [1.29, 1.82) is 0 Å². The Morgan fingerprint density at radius 1 is 1.38 bits per heavy atom. The van der Waals surface area contributed by atoms with Gasteiger partial charge in [-0.1, -0.05) is 0 Å². The average Bonchev–Trinajstić information content (AvgIpc) is 2.33. The summed E-state index contributed by atoms with van der Waals surface area (Å²) < 4.78 is 5.41. The number of hydrogen-bond acceptors (Lipinski definition) is 3. The summed E-state index contributed by atoms with van der Waals surface area (Å²) in [6.07, 6.45) is 2.51. The van der Waals surface area contributed by atoms with E-state index in [-0.39, 0.29) is 0 Å². The van der Waals surface area contributed by atoms with Gasteiger partial charge in [0.25, 0.3) is 0 Å². The predicted molar refractivity (Wildman–Crippen MR) is 67.1 cm³/mol. The minimum atomic E-state index is 0.562. The zero-order valence-electron chi connectivity index (χ0n) is 9.83. The Labute approximate surface area is 97.2 Å². The number of rotatable bonds is 4. The van der Waals surface area contributed by atoms with Gasteiger partial charge in [0.05, 0.1) is 6.61 Å². The molecule has 88 valence electrons. The van der Waals surface area contributed by atoms with Crippen LogP contribution >= 0.6 is 0 Å². The van der Waals surface area contributed by atoms with Crippen LogP contribution < -0.4 is 15.4 Å². The molecule has 16 heavy (non-hydrogen) atoms. The predicted octanol–water partition coefficient (Wildman–Crippen LogP) is 2.25. The molecular weight excluding hydrogens is 200 g/mol. The van der Waals surface area contributed by atoms with Gasteiger partial charge in [-0.3, -0.25) is 0 Å². The molecule has 0 amide bonds. The van der Waals surface area contributed by atoms with Crippen molar-refractivity contribution in [2.75, 3.05) is 25.0 Å². The van der Waals surface area contributed by atoms with E-state index in [2.05, 4.69) is 22.8 Å². The van der Waals surface area contributed by atoms with Crippen LogP contribution in [-0.4, -0.2) is 25.7 Å². The van der Waals surface area contributed by atoms with Crippen molar-refractivity contribution in [3.63, 3.8) is 0 Å². The molecule has 2 N–H and O–H groups in total. The Morgan fingerprint density at radius 3 is 2.81 bits per heavy atom. The van der Waals surface area contributed by atoms with E-state index >= 15 is 0 Å². The van der Waals surface area contributed by atoms with Gasteiger partial charge in [-0.15, -0.1) is 0 Å². The molecule has 0 radical (unpaired) electrons. The highest BCUT2D eigenvalue weighted by Crippen LogP contribution is 2.17. The maximum atomic E-state index is 5.41. The van der Waals surface area contributed by atoms with Crippen molar-refractivity contribution in [2.24, 2.45) is 0 Å². The van der Waals surface area contributed by atoms with Crippen LogP contribution in [0.25, 0.3) is 0 Å². The third kappa shape index (κ3) is 3.14. The van der Waals surface area contributed by atoms with Crippen LogP contribution in [0.4, 0.5) is 5.69 Å². The first-order valence-electron chi connectivity index (χ1n) is 6.08. The minimum absolute atomic E-state index is 0.562. The fraction of sp³-hybridized carbons (Fsp3) is 0.538. The molecule has 0 aliphatic carbocycles. The van der Waals surface area contributed by atoms with Crippen molar-refractivity contribution in [2.45, 2.75) is 25.8 Å². The molecule has 1 fully saturated rings. The normalized spacial score (nSPS) is 20.4. The van der Waals surface area contributed by atoms with E-state index in [0.29, 0.717) is 6.04 Å². The van der Waals surface area contributed by atoms with Gasteiger partial charge in [0.2, 0.25) is 0 Å². The van der Waals surface area contributed by atoms with Gasteiger partial charge < -0.3 is 15.4 Å². The largest absolute Gasteiger partial charge is 0.494 e. The van der Waals surface area contributed by atoms with Crippen LogP contribution in [0.5, 0.6) is 5.75 Å². The summed E-state index contributed by atoms with van der Waals surface area (Å²) in [5, 5.41) is 6.93. The summed E-state index contributed by atoms with van der Waals surface area (Å²) in [5.41, 5.74) is 1.18. The summed E-state index contributed by atoms with van der Waals surface area (Å²) in [4.78, 5) is 0. The van der Waals surface area contributed by atoms with Crippen molar-refractivity contribution < 1.29 is 4.74 Å². The first kappa shape index (κ1) is 11.3. The highest BCUT2D eigenvalue weighted by atomic mass is 16.5. The highest BCUT2D eigenvalue weighted by molar-refractivity contribution is 5.47. The second-order valence-electron chi connectivity index (χ2n) is 4.15. The summed E-state index contributed by atoms with van der Waals surface area (Å²) in [7, 11) is 0. The van der Waals surface area contributed by atoms with E-state index in [0.717, 1.165) is 25.4 Å². The molecule has 1 aromatic carbocycles. The topological polar surface area (TPSA) is 33.3 Å². The minimum Gasteiger partial charge on any atom is -0.494 e. The van der Waals surface area contributed by atoms with Crippen LogP contribution in [0, 0.1) is 0 Å². The molecule has 1 unspecified atom stereocenters. The maximum Gasteiger partial charge on any atom is 0.119 e. The fourth-order valence-electron chi connectivity index (χ4n) is 2.02. The van der Waals surface area contributed by atoms with Crippen molar-refractivity contribution in [3.8, 4) is 5.75 Å². The lowest BCUT2D eigenvalue weighted by Gasteiger charge is -2.24. The average molecular weight is 220 g/mol. The third-order valence-corrected chi connectivity index (χ3v) is 2.83. The van der Waals surface area contributed by atoms with Crippen molar-refractivity contribution in [3.05, 3.63) is 24.3 Å². The van der Waals surface area contributed by atoms with Gasteiger partial charge in [-0.2, -0.15) is 0 Å². The number of anilines is 1. The molecule has 1 aliphatic rings. The second kappa shape index (κ2) is 5.75. The molecule has 0 spiro atoms. The van der Waals surface area contributed by atoms with Crippen molar-refractivity contribution >= 4 is 5.69 Å². The van der Waals surface area contributed by atoms with E-state index in [9.17, 15) is 0 Å². The lowest BCUT2D eigenvalue weighted by Crippen LogP contribution is -2.38. The van der Waals surface area contributed by atoms with Gasteiger partial charge in [-0.05, 0) is 50.6 Å². The number of hydrogen-bond donors (Lipinski definition) is 2. The molecule has 2 rings (SSSR count). The quantitative estimate of drug-likeness (QED) is 0.816. The Morgan fingerprint density at radius 2 is 2.19 bits per heavy atom. The Kier molecular flexibility index (Phi) is 4.05. The summed E-state index contributed by atoms with van der Waals surface area (Å²) >= 11 is 0. The smallest absolute Gasteiger partial charge is 0.119 e. The highest BCUT2D eigenvalue weighted by Gasteiger charge is 2.11. The van der Waals surface area contributed by atoms with E-state index in [4.69, 9.17) is 4.74 Å². The van der Waals surface area contributed by atoms with E-state index in [1.54, 1.807) is 0 Å². The number of nitrogens with one attached hydrogen (secondary N) is 2. The zero-order chi connectivity index (χ0) is 11.2. The molecule has 0 bridgehead atoms. The molecule has 3 nitrogen and oxygen atoms in total. The molecule has 1 aliphatic heterocycles. The fourth-order valence-corrected chi connectivity index (χ4v) is 2.02. The van der Waals surface area contributed by atoms with E-state index in [1.807, 2.05) is 19.1 Å². The van der Waals surface area contributed by atoms with Crippen LogP contribution in [0.15, 0.2) is 24.3 Å². The molecule has 1 saturated heterocycles. The first-order chi connectivity index (χ1) is 7.88. The van der Waals surface area contributed by atoms with E-state index < -0.39 is 0 Å². The van der Waals surface area contributed by atoms with Crippen LogP contribution in [0.1, 0.15) is 19.8 Å². The number of ether oxygens (including phenoxy) is 1. The molecule has 3 heteroatoms. The van der Waals surface area contributed by atoms with E-state index in [1.165, 1.54) is 18.5 Å². The van der Waals surface area contributed by atoms with Gasteiger partial charge in [0.1, 0.15) is 5.75 Å². The molecule has 1 heterocycles. The maximum absolute atomic E-state index is 5.41. The first-order valence-corrected chi connectivity index (χ1v) is 6.08. The molecule has 0 saturated carbocycles. The summed E-state index contributed by atoms with van der Waals surface area (Å²) in [6, 6.07) is 8.76. The van der Waals surface area contributed by atoms with Gasteiger partial charge in [-0.25, -0.2) is 0 Å². The van der Waals surface area contributed by atoms with Gasteiger partial charge in [0.15, 0.2) is 0 Å². The Hall–Kier alpha value is -1.22. The SMILES string of the molecule is CCOc1ccc(NC2CCCNC2)cc1. The van der Waals surface area contributed by atoms with Crippen LogP contribution in [0.2, 0.25) is 0 Å². The van der Waals surface area contributed by atoms with Crippen molar-refractivity contribution in [1.82, 2.24) is 5.32 Å². The zero-order valence-corrected chi connectivity index (χ0v) is 9.83. The lowest BCUT2D eigenvalue weighted by atomic mass is 10.1. The standard InChI is InChI=1S/C13H20N2O/c1-2-16-13-7-5-11(6-8-13)15-12-4-3-9-14-10-12/h5-8,12,14-15H,2-4,9-10H2,1H3. The Balaban J connectivity index is 1.88. The Bertz CT molecular complexity index is 304. The third-order valence-electron chi connectivity index (χ3n) is 2.83. The van der Waals surface area contributed by atoms with Crippen LogP contribution in [-0.2, 0) is 0 Å². The number of benzene rings is 1. The molecule has 0 aromatic heterocycles. The monoisotopic (exact) mass is 220 g/mol. The molecule has 1 aromatic rings. The molecular formula is C13H20N2O. The van der Waals surface area contributed by atoms with Gasteiger partial charge in [0, 0.05) is 18.3 Å². The summed E-state index contributed by atoms with van der Waals surface area (Å²) in [6.45, 7) is 4.94. The molecule has 1 atom stereocenters. The lowest BCUT2D eigenvalue weighted by molar-refractivity contribution is 0.340.